The molecule has 2 aromatic rings. The van der Waals surface area contributed by atoms with Crippen LogP contribution in [0.1, 0.15) is 30.3 Å². The fraction of sp³-hybridized carbons (Fsp3) is 0.308. The van der Waals surface area contributed by atoms with Gasteiger partial charge in [-0.25, -0.2) is 4.98 Å². The first kappa shape index (κ1) is 11.4. The molecule has 0 unspecified atom stereocenters. The summed E-state index contributed by atoms with van der Waals surface area (Å²) < 4.78 is 5.71. The molecule has 1 aliphatic carbocycles. The van der Waals surface area contributed by atoms with Crippen LogP contribution in [-0.4, -0.2) is 15.0 Å². The molecule has 0 spiro atoms. The van der Waals surface area contributed by atoms with Crippen LogP contribution >= 0.6 is 11.6 Å². The highest BCUT2D eigenvalue weighted by Gasteiger charge is 2.27. The third kappa shape index (κ3) is 2.43. The van der Waals surface area contributed by atoms with Crippen molar-refractivity contribution in [2.24, 2.45) is 0 Å². The number of ether oxygens (including phenoxy) is 1. The number of rotatable bonds is 3. The van der Waals surface area contributed by atoms with E-state index in [0.717, 1.165) is 24.4 Å². The summed E-state index contributed by atoms with van der Waals surface area (Å²) in [6.07, 6.45) is 3.99. The van der Waals surface area contributed by atoms with Crippen molar-refractivity contribution >= 4 is 11.6 Å². The van der Waals surface area contributed by atoms with Gasteiger partial charge in [-0.05, 0) is 31.9 Å². The van der Waals surface area contributed by atoms with E-state index < -0.39 is 0 Å². The van der Waals surface area contributed by atoms with Gasteiger partial charge in [-0.2, -0.15) is 4.98 Å². The minimum atomic E-state index is 0.420. The highest BCUT2D eigenvalue weighted by molar-refractivity contribution is 6.29. The van der Waals surface area contributed by atoms with E-state index in [9.17, 15) is 0 Å². The lowest BCUT2D eigenvalue weighted by molar-refractivity contribution is 0.452. The van der Waals surface area contributed by atoms with E-state index in [1.54, 1.807) is 12.3 Å². The molecule has 0 radical (unpaired) electrons. The average molecular weight is 262 g/mol. The van der Waals surface area contributed by atoms with Crippen molar-refractivity contribution in [3.05, 3.63) is 41.1 Å². The summed E-state index contributed by atoms with van der Waals surface area (Å²) in [4.78, 5) is 12.8. The molecular formula is C13H12ClN3O. The molecule has 4 nitrogen and oxygen atoms in total. The van der Waals surface area contributed by atoms with E-state index >= 15 is 0 Å². The van der Waals surface area contributed by atoms with Gasteiger partial charge in [-0.15, -0.1) is 0 Å². The van der Waals surface area contributed by atoms with Gasteiger partial charge in [0.25, 0.3) is 0 Å². The molecule has 0 saturated heterocycles. The molecule has 0 amide bonds. The van der Waals surface area contributed by atoms with Gasteiger partial charge in [0.15, 0.2) is 5.75 Å². The van der Waals surface area contributed by atoms with E-state index in [-0.39, 0.29) is 0 Å². The van der Waals surface area contributed by atoms with Gasteiger partial charge >= 0.3 is 0 Å². The number of pyridine rings is 1. The van der Waals surface area contributed by atoms with Gasteiger partial charge in [0.2, 0.25) is 5.88 Å². The number of aromatic nitrogens is 3. The molecule has 0 aliphatic heterocycles. The van der Waals surface area contributed by atoms with E-state index in [1.165, 1.54) is 0 Å². The number of halogens is 1. The summed E-state index contributed by atoms with van der Waals surface area (Å²) in [5, 5.41) is 0.420. The molecule has 1 saturated carbocycles. The van der Waals surface area contributed by atoms with Gasteiger partial charge < -0.3 is 4.74 Å². The third-order valence-corrected chi connectivity index (χ3v) is 3.00. The molecule has 1 fully saturated rings. The number of nitrogens with zero attached hydrogens (tertiary/aromatic N) is 3. The standard InChI is InChI=1S/C13H12ClN3O/c1-8-10(3-2-6-15-8)18-12-7-11(14)16-13(17-12)9-4-5-9/h2-3,6-7,9H,4-5H2,1H3. The van der Waals surface area contributed by atoms with Crippen LogP contribution in [0, 0.1) is 6.92 Å². The van der Waals surface area contributed by atoms with Crippen molar-refractivity contribution in [3.8, 4) is 11.6 Å². The van der Waals surface area contributed by atoms with Gasteiger partial charge in [0, 0.05) is 18.2 Å². The van der Waals surface area contributed by atoms with Crippen molar-refractivity contribution in [1.29, 1.82) is 0 Å². The lowest BCUT2D eigenvalue weighted by atomic mass is 10.3. The minimum Gasteiger partial charge on any atom is -0.437 e. The van der Waals surface area contributed by atoms with Crippen LogP contribution in [0.25, 0.3) is 0 Å². The van der Waals surface area contributed by atoms with Crippen molar-refractivity contribution in [2.45, 2.75) is 25.7 Å². The second-order valence-corrected chi connectivity index (χ2v) is 4.74. The zero-order valence-corrected chi connectivity index (χ0v) is 10.7. The lowest BCUT2D eigenvalue weighted by Crippen LogP contribution is -1.97. The molecule has 0 N–H and O–H groups in total. The molecule has 3 rings (SSSR count). The number of aryl methyl sites for hydroxylation is 1. The second-order valence-electron chi connectivity index (χ2n) is 4.35. The largest absolute Gasteiger partial charge is 0.437 e. The van der Waals surface area contributed by atoms with Crippen LogP contribution in [0.15, 0.2) is 24.4 Å². The van der Waals surface area contributed by atoms with Gasteiger partial charge in [0.05, 0.1) is 5.69 Å². The summed E-state index contributed by atoms with van der Waals surface area (Å²) in [7, 11) is 0. The van der Waals surface area contributed by atoms with E-state index in [4.69, 9.17) is 16.3 Å². The van der Waals surface area contributed by atoms with E-state index in [0.29, 0.717) is 22.7 Å². The summed E-state index contributed by atoms with van der Waals surface area (Å²) in [6.45, 7) is 1.89. The Bertz CT molecular complexity index is 584. The maximum atomic E-state index is 5.98. The van der Waals surface area contributed by atoms with Crippen LogP contribution in [-0.2, 0) is 0 Å². The van der Waals surface area contributed by atoms with Crippen LogP contribution in [0.5, 0.6) is 11.6 Å². The number of hydrogen-bond donors (Lipinski definition) is 0. The fourth-order valence-electron chi connectivity index (χ4n) is 1.68. The molecule has 18 heavy (non-hydrogen) atoms. The molecule has 0 atom stereocenters. The Morgan fingerprint density at radius 1 is 1.33 bits per heavy atom. The van der Waals surface area contributed by atoms with Gasteiger partial charge in [0.1, 0.15) is 11.0 Å². The molecule has 1 aliphatic rings. The average Bonchev–Trinajstić information content (AvgIpc) is 3.15. The first-order valence-corrected chi connectivity index (χ1v) is 6.24. The first-order valence-electron chi connectivity index (χ1n) is 5.86. The maximum absolute atomic E-state index is 5.98. The minimum absolute atomic E-state index is 0.420. The second kappa shape index (κ2) is 4.53. The number of hydrogen-bond acceptors (Lipinski definition) is 4. The molecule has 0 aromatic carbocycles. The van der Waals surface area contributed by atoms with Crippen molar-refractivity contribution in [1.82, 2.24) is 15.0 Å². The van der Waals surface area contributed by atoms with Crippen LogP contribution in [0.3, 0.4) is 0 Å². The predicted molar refractivity (Wildman–Crippen MR) is 68.1 cm³/mol. The highest BCUT2D eigenvalue weighted by atomic mass is 35.5. The lowest BCUT2D eigenvalue weighted by Gasteiger charge is -2.08. The topological polar surface area (TPSA) is 47.9 Å². The predicted octanol–water partition coefficient (Wildman–Crippen LogP) is 3.50. The Balaban J connectivity index is 1.90. The maximum Gasteiger partial charge on any atom is 0.224 e. The molecule has 0 bridgehead atoms. The normalized spacial score (nSPS) is 14.6. The smallest absolute Gasteiger partial charge is 0.224 e. The zero-order valence-electron chi connectivity index (χ0n) is 9.93. The van der Waals surface area contributed by atoms with E-state index in [1.807, 2.05) is 19.1 Å². The fourth-order valence-corrected chi connectivity index (χ4v) is 1.86. The Morgan fingerprint density at radius 2 is 2.17 bits per heavy atom. The molecule has 2 heterocycles. The van der Waals surface area contributed by atoms with Crippen LogP contribution in [0.2, 0.25) is 5.15 Å². The Kier molecular flexibility index (Phi) is 2.88. The Morgan fingerprint density at radius 3 is 2.89 bits per heavy atom. The molecule has 92 valence electrons. The zero-order chi connectivity index (χ0) is 12.5. The Labute approximate surface area is 110 Å². The van der Waals surface area contributed by atoms with Crippen molar-refractivity contribution in [3.63, 3.8) is 0 Å². The van der Waals surface area contributed by atoms with E-state index in [2.05, 4.69) is 15.0 Å². The summed E-state index contributed by atoms with van der Waals surface area (Å²) in [5.41, 5.74) is 0.820. The summed E-state index contributed by atoms with van der Waals surface area (Å²) >= 11 is 5.98. The Hall–Kier alpha value is -1.68. The molecular weight excluding hydrogens is 250 g/mol. The highest BCUT2D eigenvalue weighted by Crippen LogP contribution is 2.39. The first-order chi connectivity index (χ1) is 8.72. The quantitative estimate of drug-likeness (QED) is 0.794. The molecule has 5 heteroatoms. The third-order valence-electron chi connectivity index (χ3n) is 2.80. The van der Waals surface area contributed by atoms with Gasteiger partial charge in [-0.3, -0.25) is 4.98 Å². The summed E-state index contributed by atoms with van der Waals surface area (Å²) in [5.74, 6) is 2.39. The van der Waals surface area contributed by atoms with Crippen LogP contribution in [0.4, 0.5) is 0 Å². The van der Waals surface area contributed by atoms with Crippen molar-refractivity contribution < 1.29 is 4.74 Å². The van der Waals surface area contributed by atoms with Crippen molar-refractivity contribution in [2.75, 3.05) is 0 Å². The van der Waals surface area contributed by atoms with Crippen LogP contribution < -0.4 is 4.74 Å². The molecule has 2 aromatic heterocycles. The SMILES string of the molecule is Cc1ncccc1Oc1cc(Cl)nc(C2CC2)n1. The monoisotopic (exact) mass is 261 g/mol. The van der Waals surface area contributed by atoms with Gasteiger partial charge in [-0.1, -0.05) is 11.6 Å². The summed E-state index contributed by atoms with van der Waals surface area (Å²) in [6, 6.07) is 5.31.